The molecule has 5 heteroatoms. The lowest BCUT2D eigenvalue weighted by Crippen LogP contribution is -2.33. The second-order valence-corrected chi connectivity index (χ2v) is 3.99. The quantitative estimate of drug-likeness (QED) is 0.823. The highest BCUT2D eigenvalue weighted by atomic mass is 79.9. The Bertz CT molecular complexity index is 379. The van der Waals surface area contributed by atoms with Gasteiger partial charge in [-0.2, -0.15) is 0 Å². The molecule has 1 unspecified atom stereocenters. The standard InChI is InChI=1S/C9H7BBrFO2/c1-9(10,8(13)14)6-4-5(12)2-3-7(6)11/h2-4H,1H3,(H,13,14). The van der Waals surface area contributed by atoms with Gasteiger partial charge in [-0.3, -0.25) is 4.79 Å². The molecule has 1 atom stereocenters. The third-order valence-electron chi connectivity index (χ3n) is 1.93. The van der Waals surface area contributed by atoms with Gasteiger partial charge >= 0.3 is 5.97 Å². The van der Waals surface area contributed by atoms with Gasteiger partial charge in [-0.15, -0.1) is 0 Å². The first kappa shape index (κ1) is 11.2. The lowest BCUT2D eigenvalue weighted by atomic mass is 9.66. The molecule has 72 valence electrons. The summed E-state index contributed by atoms with van der Waals surface area (Å²) >= 11 is 3.12. The van der Waals surface area contributed by atoms with Crippen LogP contribution in [0.5, 0.6) is 0 Å². The molecule has 1 aromatic rings. The minimum atomic E-state index is -1.60. The third-order valence-corrected chi connectivity index (χ3v) is 2.62. The van der Waals surface area contributed by atoms with E-state index in [4.69, 9.17) is 13.0 Å². The van der Waals surface area contributed by atoms with E-state index < -0.39 is 17.1 Å². The van der Waals surface area contributed by atoms with Crippen molar-refractivity contribution in [3.63, 3.8) is 0 Å². The Morgan fingerprint density at radius 1 is 1.64 bits per heavy atom. The Balaban J connectivity index is 3.31. The number of aliphatic carboxylic acids is 1. The maximum Gasteiger partial charge on any atom is 0.304 e. The maximum atomic E-state index is 12.9. The van der Waals surface area contributed by atoms with E-state index in [1.54, 1.807) is 0 Å². The molecule has 0 aliphatic heterocycles. The minimum Gasteiger partial charge on any atom is -0.481 e. The van der Waals surface area contributed by atoms with E-state index in [0.29, 0.717) is 4.47 Å². The molecule has 1 rings (SSSR count). The molecule has 0 aliphatic carbocycles. The lowest BCUT2D eigenvalue weighted by molar-refractivity contribution is -0.140. The second kappa shape index (κ2) is 3.73. The van der Waals surface area contributed by atoms with Crippen molar-refractivity contribution in [1.29, 1.82) is 0 Å². The molecule has 2 nitrogen and oxygen atoms in total. The molecule has 2 radical (unpaired) electrons. The first-order valence-electron chi connectivity index (χ1n) is 3.83. The van der Waals surface area contributed by atoms with Crippen LogP contribution in [0.1, 0.15) is 12.5 Å². The first-order valence-corrected chi connectivity index (χ1v) is 4.63. The smallest absolute Gasteiger partial charge is 0.304 e. The highest BCUT2D eigenvalue weighted by Gasteiger charge is 2.30. The van der Waals surface area contributed by atoms with Gasteiger partial charge in [0.05, 0.1) is 13.2 Å². The largest absolute Gasteiger partial charge is 0.481 e. The zero-order valence-electron chi connectivity index (χ0n) is 7.42. The summed E-state index contributed by atoms with van der Waals surface area (Å²) in [6.07, 6.45) is 0. The molecule has 0 saturated heterocycles. The number of carboxylic acid groups (broad SMARTS) is 1. The van der Waals surface area contributed by atoms with Crippen LogP contribution < -0.4 is 0 Å². The summed E-state index contributed by atoms with van der Waals surface area (Å²) in [4.78, 5) is 10.8. The van der Waals surface area contributed by atoms with Gasteiger partial charge in [0.2, 0.25) is 0 Å². The fraction of sp³-hybridized carbons (Fsp3) is 0.222. The molecule has 0 aromatic heterocycles. The van der Waals surface area contributed by atoms with Crippen LogP contribution in [0.3, 0.4) is 0 Å². The fourth-order valence-corrected chi connectivity index (χ4v) is 1.67. The second-order valence-electron chi connectivity index (χ2n) is 3.13. The minimum absolute atomic E-state index is 0.213. The average Bonchev–Trinajstić information content (AvgIpc) is 2.08. The Hall–Kier alpha value is -0.835. The summed E-state index contributed by atoms with van der Waals surface area (Å²) in [5.41, 5.74) is 0.213. The molecule has 0 heterocycles. The van der Waals surface area contributed by atoms with Gasteiger partial charge in [0.1, 0.15) is 5.82 Å². The number of hydrogen-bond donors (Lipinski definition) is 1. The van der Waals surface area contributed by atoms with Gasteiger partial charge in [-0.25, -0.2) is 4.39 Å². The number of hydrogen-bond acceptors (Lipinski definition) is 1. The molecule has 1 N–H and O–H groups in total. The van der Waals surface area contributed by atoms with Crippen molar-refractivity contribution in [2.24, 2.45) is 0 Å². The van der Waals surface area contributed by atoms with Gasteiger partial charge in [0.15, 0.2) is 0 Å². The molecule has 0 spiro atoms. The molecule has 0 fully saturated rings. The Morgan fingerprint density at radius 2 is 2.21 bits per heavy atom. The summed E-state index contributed by atoms with van der Waals surface area (Å²) < 4.78 is 13.3. The van der Waals surface area contributed by atoms with Crippen molar-refractivity contribution in [1.82, 2.24) is 0 Å². The van der Waals surface area contributed by atoms with Crippen molar-refractivity contribution in [3.8, 4) is 0 Å². The van der Waals surface area contributed by atoms with Crippen molar-refractivity contribution < 1.29 is 14.3 Å². The van der Waals surface area contributed by atoms with E-state index >= 15 is 0 Å². The van der Waals surface area contributed by atoms with Crippen LogP contribution in [-0.2, 0) is 10.1 Å². The van der Waals surface area contributed by atoms with Gasteiger partial charge in [-0.1, -0.05) is 22.9 Å². The molecule has 0 bridgehead atoms. The molecule has 1 aromatic carbocycles. The number of benzene rings is 1. The Kier molecular flexibility index (Phi) is 2.99. The molecule has 0 saturated carbocycles. The van der Waals surface area contributed by atoms with E-state index in [0.717, 1.165) is 6.07 Å². The normalized spacial score (nSPS) is 14.8. The van der Waals surface area contributed by atoms with Crippen LogP contribution in [0.15, 0.2) is 22.7 Å². The predicted octanol–water partition coefficient (Wildman–Crippen LogP) is 2.06. The summed E-state index contributed by atoms with van der Waals surface area (Å²) in [6.45, 7) is 1.31. The molecular weight excluding hydrogens is 250 g/mol. The number of rotatable bonds is 2. The number of halogens is 2. The Morgan fingerprint density at radius 3 is 2.71 bits per heavy atom. The van der Waals surface area contributed by atoms with Crippen LogP contribution in [-0.4, -0.2) is 18.9 Å². The summed E-state index contributed by atoms with van der Waals surface area (Å²) in [5.74, 6) is -1.72. The van der Waals surface area contributed by atoms with Crippen LogP contribution in [0, 0.1) is 5.82 Å². The first-order chi connectivity index (χ1) is 6.35. The van der Waals surface area contributed by atoms with Crippen LogP contribution >= 0.6 is 15.9 Å². The zero-order valence-corrected chi connectivity index (χ0v) is 9.01. The van der Waals surface area contributed by atoms with Crippen molar-refractivity contribution in [3.05, 3.63) is 34.1 Å². The molecule has 0 amide bonds. The highest BCUT2D eigenvalue weighted by Crippen LogP contribution is 2.28. The third kappa shape index (κ3) is 1.98. The number of carboxylic acids is 1. The van der Waals surface area contributed by atoms with E-state index in [2.05, 4.69) is 15.9 Å². The van der Waals surface area contributed by atoms with E-state index in [9.17, 15) is 9.18 Å². The van der Waals surface area contributed by atoms with Crippen molar-refractivity contribution in [2.75, 3.05) is 0 Å². The lowest BCUT2D eigenvalue weighted by Gasteiger charge is -2.21. The van der Waals surface area contributed by atoms with Crippen LogP contribution in [0.4, 0.5) is 4.39 Å². The summed E-state index contributed by atoms with van der Waals surface area (Å²) in [5, 5.41) is 7.25. The van der Waals surface area contributed by atoms with Gasteiger partial charge in [-0.05, 0) is 23.8 Å². The molecule has 14 heavy (non-hydrogen) atoms. The maximum absolute atomic E-state index is 12.9. The average molecular weight is 257 g/mol. The molecular formula is C9H7BBrFO2. The van der Waals surface area contributed by atoms with E-state index in [1.165, 1.54) is 19.1 Å². The van der Waals surface area contributed by atoms with Gasteiger partial charge < -0.3 is 5.11 Å². The fourth-order valence-electron chi connectivity index (χ4n) is 1.01. The highest BCUT2D eigenvalue weighted by molar-refractivity contribution is 9.10. The Labute approximate surface area is 90.7 Å². The van der Waals surface area contributed by atoms with Crippen LogP contribution in [0.2, 0.25) is 0 Å². The van der Waals surface area contributed by atoms with E-state index in [1.807, 2.05) is 0 Å². The monoisotopic (exact) mass is 256 g/mol. The molecule has 0 aliphatic rings. The van der Waals surface area contributed by atoms with E-state index in [-0.39, 0.29) is 5.56 Å². The SMILES string of the molecule is [B]C(C)(C(=O)O)c1cc(F)ccc1Br. The van der Waals surface area contributed by atoms with Crippen LogP contribution in [0.25, 0.3) is 0 Å². The van der Waals surface area contributed by atoms with Crippen molar-refractivity contribution in [2.45, 2.75) is 12.2 Å². The number of carbonyl (C=O) groups is 1. The summed E-state index contributed by atoms with van der Waals surface area (Å²) in [7, 11) is 5.55. The van der Waals surface area contributed by atoms with Gasteiger partial charge in [0.25, 0.3) is 0 Å². The van der Waals surface area contributed by atoms with Crippen molar-refractivity contribution >= 4 is 29.7 Å². The van der Waals surface area contributed by atoms with Gasteiger partial charge in [0, 0.05) is 4.47 Å². The topological polar surface area (TPSA) is 37.3 Å². The zero-order chi connectivity index (χ0) is 10.9. The predicted molar refractivity (Wildman–Crippen MR) is 54.8 cm³/mol. The summed E-state index contributed by atoms with van der Waals surface area (Å²) in [6, 6.07) is 3.77.